The third kappa shape index (κ3) is 2.20. The van der Waals surface area contributed by atoms with Crippen molar-refractivity contribution in [3.63, 3.8) is 0 Å². The maximum absolute atomic E-state index is 11.8. The van der Waals surface area contributed by atoms with E-state index in [1.54, 1.807) is 0 Å². The van der Waals surface area contributed by atoms with E-state index < -0.39 is 5.60 Å². The molecule has 4 heteroatoms. The van der Waals surface area contributed by atoms with E-state index in [2.05, 4.69) is 0 Å². The number of nitrogens with zero attached hydrogens (tertiary/aromatic N) is 1. The van der Waals surface area contributed by atoms with Gasteiger partial charge in [0.1, 0.15) is 5.60 Å². The van der Waals surface area contributed by atoms with E-state index in [0.29, 0.717) is 6.54 Å². The maximum atomic E-state index is 11.8. The SMILES string of the molecule is CC(C)(C)OC(=O)N1CCC2(CC2)C(=O)C1. The van der Waals surface area contributed by atoms with Crippen molar-refractivity contribution >= 4 is 11.9 Å². The number of rotatable bonds is 0. The molecule has 1 aliphatic heterocycles. The van der Waals surface area contributed by atoms with E-state index in [-0.39, 0.29) is 23.8 Å². The van der Waals surface area contributed by atoms with Crippen molar-refractivity contribution in [3.05, 3.63) is 0 Å². The Hall–Kier alpha value is -1.06. The first-order valence-electron chi connectivity index (χ1n) is 5.84. The van der Waals surface area contributed by atoms with Crippen LogP contribution in [0.3, 0.4) is 0 Å². The topological polar surface area (TPSA) is 46.6 Å². The lowest BCUT2D eigenvalue weighted by atomic mass is 9.92. The highest BCUT2D eigenvalue weighted by molar-refractivity contribution is 5.92. The molecule has 16 heavy (non-hydrogen) atoms. The predicted molar refractivity (Wildman–Crippen MR) is 59.1 cm³/mol. The van der Waals surface area contributed by atoms with Gasteiger partial charge in [0.25, 0.3) is 0 Å². The lowest BCUT2D eigenvalue weighted by Crippen LogP contribution is -2.46. The van der Waals surface area contributed by atoms with Crippen LogP contribution >= 0.6 is 0 Å². The summed E-state index contributed by atoms with van der Waals surface area (Å²) in [4.78, 5) is 25.1. The first kappa shape index (κ1) is 11.4. The van der Waals surface area contributed by atoms with Gasteiger partial charge in [0.15, 0.2) is 5.78 Å². The molecule has 0 unspecified atom stereocenters. The summed E-state index contributed by atoms with van der Waals surface area (Å²) in [7, 11) is 0. The number of amides is 1. The quantitative estimate of drug-likeness (QED) is 0.633. The molecule has 0 bridgehead atoms. The number of hydrogen-bond acceptors (Lipinski definition) is 3. The first-order valence-corrected chi connectivity index (χ1v) is 5.84. The average Bonchev–Trinajstić information content (AvgIpc) is 2.88. The zero-order valence-electron chi connectivity index (χ0n) is 10.2. The van der Waals surface area contributed by atoms with E-state index in [4.69, 9.17) is 4.74 Å². The fraction of sp³-hybridized carbons (Fsp3) is 0.833. The molecule has 1 amide bonds. The van der Waals surface area contributed by atoms with Crippen LogP contribution in [-0.2, 0) is 9.53 Å². The summed E-state index contributed by atoms with van der Waals surface area (Å²) in [6.45, 7) is 6.38. The number of likely N-dealkylation sites (tertiary alicyclic amines) is 1. The summed E-state index contributed by atoms with van der Waals surface area (Å²) >= 11 is 0. The second-order valence-electron chi connectivity index (χ2n) is 5.86. The number of piperidine rings is 1. The molecule has 0 radical (unpaired) electrons. The smallest absolute Gasteiger partial charge is 0.410 e. The van der Waals surface area contributed by atoms with E-state index >= 15 is 0 Å². The summed E-state index contributed by atoms with van der Waals surface area (Å²) < 4.78 is 5.25. The van der Waals surface area contributed by atoms with Crippen LogP contribution in [0.15, 0.2) is 0 Å². The number of Topliss-reactive ketones (excluding diaryl/α,β-unsaturated/α-hetero) is 1. The van der Waals surface area contributed by atoms with Crippen molar-refractivity contribution in [1.82, 2.24) is 4.90 Å². The van der Waals surface area contributed by atoms with Crippen molar-refractivity contribution in [2.24, 2.45) is 5.41 Å². The van der Waals surface area contributed by atoms with Gasteiger partial charge in [-0.1, -0.05) is 0 Å². The molecule has 0 aromatic heterocycles. The Morgan fingerprint density at radius 1 is 1.31 bits per heavy atom. The number of ether oxygens (including phenoxy) is 1. The molecular formula is C12H19NO3. The first-order chi connectivity index (χ1) is 7.32. The molecule has 1 spiro atoms. The van der Waals surface area contributed by atoms with Gasteiger partial charge in [0.2, 0.25) is 0 Å². The summed E-state index contributed by atoms with van der Waals surface area (Å²) in [6, 6.07) is 0. The molecule has 2 aliphatic rings. The Bertz CT molecular complexity index is 326. The standard InChI is InChI=1S/C12H19NO3/c1-11(2,3)16-10(15)13-7-6-12(4-5-12)9(14)8-13/h4-8H2,1-3H3. The molecule has 0 N–H and O–H groups in total. The lowest BCUT2D eigenvalue weighted by Gasteiger charge is -2.32. The Balaban J connectivity index is 1.92. The van der Waals surface area contributed by atoms with Gasteiger partial charge in [0.05, 0.1) is 6.54 Å². The molecule has 0 atom stereocenters. The molecule has 1 saturated carbocycles. The predicted octanol–water partition coefficient (Wildman–Crippen LogP) is 1.98. The van der Waals surface area contributed by atoms with Crippen LogP contribution < -0.4 is 0 Å². The highest BCUT2D eigenvalue weighted by atomic mass is 16.6. The Morgan fingerprint density at radius 3 is 2.38 bits per heavy atom. The molecule has 0 aromatic carbocycles. The van der Waals surface area contributed by atoms with Crippen molar-refractivity contribution < 1.29 is 14.3 Å². The van der Waals surface area contributed by atoms with Crippen LogP contribution in [0.1, 0.15) is 40.0 Å². The van der Waals surface area contributed by atoms with Gasteiger partial charge in [-0.15, -0.1) is 0 Å². The Kier molecular flexibility index (Phi) is 2.48. The summed E-state index contributed by atoms with van der Waals surface area (Å²) in [5, 5.41) is 0. The number of carbonyl (C=O) groups excluding carboxylic acids is 2. The van der Waals surface area contributed by atoms with Crippen LogP contribution in [0.2, 0.25) is 0 Å². The molecule has 2 rings (SSSR count). The summed E-state index contributed by atoms with van der Waals surface area (Å²) in [6.07, 6.45) is 2.46. The molecule has 2 fully saturated rings. The average molecular weight is 225 g/mol. The molecule has 1 saturated heterocycles. The van der Waals surface area contributed by atoms with Crippen LogP contribution in [0.25, 0.3) is 0 Å². The molecule has 90 valence electrons. The Labute approximate surface area is 95.9 Å². The number of ketones is 1. The van der Waals surface area contributed by atoms with Crippen molar-refractivity contribution in [2.75, 3.05) is 13.1 Å². The summed E-state index contributed by atoms with van der Waals surface area (Å²) in [5.41, 5.74) is -0.548. The third-order valence-corrected chi connectivity index (χ3v) is 3.29. The van der Waals surface area contributed by atoms with E-state index in [9.17, 15) is 9.59 Å². The van der Waals surface area contributed by atoms with Gasteiger partial charge in [-0.05, 0) is 40.0 Å². The number of carbonyl (C=O) groups is 2. The van der Waals surface area contributed by atoms with Gasteiger partial charge in [-0.25, -0.2) is 4.79 Å². The Morgan fingerprint density at radius 2 is 1.94 bits per heavy atom. The van der Waals surface area contributed by atoms with E-state index in [0.717, 1.165) is 19.3 Å². The fourth-order valence-corrected chi connectivity index (χ4v) is 2.07. The van der Waals surface area contributed by atoms with E-state index in [1.165, 1.54) is 4.90 Å². The number of hydrogen-bond donors (Lipinski definition) is 0. The van der Waals surface area contributed by atoms with Gasteiger partial charge in [-0.3, -0.25) is 4.79 Å². The normalized spacial score (nSPS) is 23.4. The second-order valence-corrected chi connectivity index (χ2v) is 5.86. The maximum Gasteiger partial charge on any atom is 0.410 e. The van der Waals surface area contributed by atoms with Gasteiger partial charge in [-0.2, -0.15) is 0 Å². The van der Waals surface area contributed by atoms with E-state index in [1.807, 2.05) is 20.8 Å². The van der Waals surface area contributed by atoms with Crippen LogP contribution in [-0.4, -0.2) is 35.5 Å². The molecule has 0 aromatic rings. The zero-order chi connectivity index (χ0) is 12.0. The van der Waals surface area contributed by atoms with Gasteiger partial charge < -0.3 is 9.64 Å². The second kappa shape index (κ2) is 3.47. The van der Waals surface area contributed by atoms with Gasteiger partial charge in [0, 0.05) is 12.0 Å². The molecule has 1 aliphatic carbocycles. The highest BCUT2D eigenvalue weighted by Gasteiger charge is 2.52. The van der Waals surface area contributed by atoms with Crippen LogP contribution in [0.4, 0.5) is 4.79 Å². The minimum Gasteiger partial charge on any atom is -0.444 e. The fourth-order valence-electron chi connectivity index (χ4n) is 2.07. The summed E-state index contributed by atoms with van der Waals surface area (Å²) in [5.74, 6) is 0.213. The van der Waals surface area contributed by atoms with Crippen LogP contribution in [0.5, 0.6) is 0 Å². The molecule has 4 nitrogen and oxygen atoms in total. The minimum atomic E-state index is -0.491. The lowest BCUT2D eigenvalue weighted by molar-refractivity contribution is -0.128. The third-order valence-electron chi connectivity index (χ3n) is 3.29. The largest absolute Gasteiger partial charge is 0.444 e. The highest BCUT2D eigenvalue weighted by Crippen LogP contribution is 2.51. The van der Waals surface area contributed by atoms with Crippen molar-refractivity contribution in [2.45, 2.75) is 45.6 Å². The molecular weight excluding hydrogens is 206 g/mol. The molecule has 1 heterocycles. The zero-order valence-corrected chi connectivity index (χ0v) is 10.2. The van der Waals surface area contributed by atoms with Crippen molar-refractivity contribution in [1.29, 1.82) is 0 Å². The van der Waals surface area contributed by atoms with Crippen LogP contribution in [0, 0.1) is 5.41 Å². The van der Waals surface area contributed by atoms with Gasteiger partial charge >= 0.3 is 6.09 Å². The minimum absolute atomic E-state index is 0.0570. The van der Waals surface area contributed by atoms with Crippen molar-refractivity contribution in [3.8, 4) is 0 Å². The monoisotopic (exact) mass is 225 g/mol.